The summed E-state index contributed by atoms with van der Waals surface area (Å²) in [6.07, 6.45) is 0. The molecule has 4 aromatic rings. The van der Waals surface area contributed by atoms with E-state index in [-0.39, 0.29) is 36.1 Å². The second kappa shape index (κ2) is 9.90. The molecule has 0 fully saturated rings. The van der Waals surface area contributed by atoms with E-state index < -0.39 is 0 Å². The monoisotopic (exact) mass is 447 g/mol. The third-order valence-electron chi connectivity index (χ3n) is 4.90. The van der Waals surface area contributed by atoms with Gasteiger partial charge in [0.25, 0.3) is 11.5 Å². The van der Waals surface area contributed by atoms with Crippen molar-refractivity contribution in [3.63, 3.8) is 0 Å². The molecule has 0 saturated heterocycles. The summed E-state index contributed by atoms with van der Waals surface area (Å²) >= 11 is 0. The van der Waals surface area contributed by atoms with Gasteiger partial charge >= 0.3 is 0 Å². The molecule has 0 bridgehead atoms. The SMILES string of the molecule is CCOc1ccc(-c2ccc(=O)n(CCNC(=O)c3cc(-c4ccc(F)cc4)n[nH]3)n2)cc1. The molecule has 0 aliphatic carbocycles. The Labute approximate surface area is 189 Å². The minimum Gasteiger partial charge on any atom is -0.494 e. The van der Waals surface area contributed by atoms with Gasteiger partial charge in [0.15, 0.2) is 0 Å². The van der Waals surface area contributed by atoms with Crippen LogP contribution in [-0.4, -0.2) is 39.0 Å². The van der Waals surface area contributed by atoms with Crippen LogP contribution in [0.25, 0.3) is 22.5 Å². The summed E-state index contributed by atoms with van der Waals surface area (Å²) in [5.74, 6) is 0.0490. The highest BCUT2D eigenvalue weighted by Crippen LogP contribution is 2.20. The lowest BCUT2D eigenvalue weighted by molar-refractivity contribution is 0.0946. The molecule has 0 aliphatic heterocycles. The number of hydrogen-bond acceptors (Lipinski definition) is 5. The van der Waals surface area contributed by atoms with Crippen LogP contribution >= 0.6 is 0 Å². The molecule has 4 rings (SSSR count). The highest BCUT2D eigenvalue weighted by Gasteiger charge is 2.11. The number of H-pyrrole nitrogens is 1. The fraction of sp³-hybridized carbons (Fsp3) is 0.167. The lowest BCUT2D eigenvalue weighted by Crippen LogP contribution is -2.32. The van der Waals surface area contributed by atoms with Gasteiger partial charge in [0.05, 0.1) is 24.5 Å². The van der Waals surface area contributed by atoms with Crippen LogP contribution in [0.4, 0.5) is 4.39 Å². The Morgan fingerprint density at radius 2 is 1.73 bits per heavy atom. The molecular weight excluding hydrogens is 425 g/mol. The summed E-state index contributed by atoms with van der Waals surface area (Å²) in [5, 5.41) is 13.9. The number of nitrogens with one attached hydrogen (secondary N) is 2. The van der Waals surface area contributed by atoms with Crippen molar-refractivity contribution in [2.75, 3.05) is 13.2 Å². The molecule has 8 nitrogen and oxygen atoms in total. The third kappa shape index (κ3) is 5.32. The van der Waals surface area contributed by atoms with E-state index in [0.29, 0.717) is 23.6 Å². The standard InChI is InChI=1S/C24H22FN5O3/c1-2-33-19-9-5-16(6-10-19)20-11-12-23(31)30(29-20)14-13-26-24(32)22-15-21(27-28-22)17-3-7-18(25)8-4-17/h3-12,15H,2,13-14H2,1H3,(H,26,32)(H,27,28). The maximum absolute atomic E-state index is 13.1. The van der Waals surface area contributed by atoms with Crippen molar-refractivity contribution in [1.29, 1.82) is 0 Å². The van der Waals surface area contributed by atoms with Crippen molar-refractivity contribution in [1.82, 2.24) is 25.3 Å². The quantitative estimate of drug-likeness (QED) is 0.432. The zero-order valence-electron chi connectivity index (χ0n) is 17.9. The summed E-state index contributed by atoms with van der Waals surface area (Å²) < 4.78 is 19.8. The molecular formula is C24H22FN5O3. The topological polar surface area (TPSA) is 102 Å². The Morgan fingerprint density at radius 3 is 2.45 bits per heavy atom. The van der Waals surface area contributed by atoms with Gasteiger partial charge in [0, 0.05) is 23.7 Å². The number of carbonyl (C=O) groups excluding carboxylic acids is 1. The van der Waals surface area contributed by atoms with E-state index in [1.165, 1.54) is 22.9 Å². The van der Waals surface area contributed by atoms with Gasteiger partial charge in [-0.05, 0) is 67.6 Å². The molecule has 9 heteroatoms. The molecule has 2 aromatic carbocycles. The first-order valence-corrected chi connectivity index (χ1v) is 10.4. The highest BCUT2D eigenvalue weighted by atomic mass is 19.1. The summed E-state index contributed by atoms with van der Waals surface area (Å²) in [7, 11) is 0. The predicted octanol–water partition coefficient (Wildman–Crippen LogP) is 3.27. The minimum atomic E-state index is -0.369. The van der Waals surface area contributed by atoms with Crippen LogP contribution in [0.1, 0.15) is 17.4 Å². The number of hydrogen-bond donors (Lipinski definition) is 2. The molecule has 168 valence electrons. The third-order valence-corrected chi connectivity index (χ3v) is 4.90. The van der Waals surface area contributed by atoms with Crippen molar-refractivity contribution in [2.24, 2.45) is 0 Å². The van der Waals surface area contributed by atoms with Crippen LogP contribution in [0, 0.1) is 5.82 Å². The van der Waals surface area contributed by atoms with Crippen LogP contribution in [0.3, 0.4) is 0 Å². The van der Waals surface area contributed by atoms with Crippen LogP contribution in [0.5, 0.6) is 5.75 Å². The molecule has 0 radical (unpaired) electrons. The van der Waals surface area contributed by atoms with Gasteiger partial charge in [0.1, 0.15) is 17.3 Å². The van der Waals surface area contributed by atoms with Crippen molar-refractivity contribution in [3.8, 4) is 28.3 Å². The average Bonchev–Trinajstić information content (AvgIpc) is 3.32. The number of halogens is 1. The molecule has 33 heavy (non-hydrogen) atoms. The fourth-order valence-corrected chi connectivity index (χ4v) is 3.23. The van der Waals surface area contributed by atoms with Gasteiger partial charge in [-0.15, -0.1) is 0 Å². The molecule has 0 unspecified atom stereocenters. The van der Waals surface area contributed by atoms with E-state index in [9.17, 15) is 14.0 Å². The smallest absolute Gasteiger partial charge is 0.269 e. The Kier molecular flexibility index (Phi) is 6.58. The zero-order chi connectivity index (χ0) is 23.2. The Hall–Kier alpha value is -4.27. The first kappa shape index (κ1) is 21.9. The molecule has 0 saturated carbocycles. The Bertz CT molecular complexity index is 1300. The second-order valence-corrected chi connectivity index (χ2v) is 7.17. The maximum atomic E-state index is 13.1. The van der Waals surface area contributed by atoms with Crippen LogP contribution < -0.4 is 15.6 Å². The van der Waals surface area contributed by atoms with Crippen molar-refractivity contribution >= 4 is 5.91 Å². The Balaban J connectivity index is 1.38. The van der Waals surface area contributed by atoms with E-state index in [4.69, 9.17) is 4.74 Å². The molecule has 0 spiro atoms. The number of amides is 1. The zero-order valence-corrected chi connectivity index (χ0v) is 17.9. The van der Waals surface area contributed by atoms with Crippen LogP contribution in [0.15, 0.2) is 71.5 Å². The first-order valence-electron chi connectivity index (χ1n) is 10.4. The van der Waals surface area contributed by atoms with Gasteiger partial charge in [-0.1, -0.05) is 0 Å². The number of benzene rings is 2. The predicted molar refractivity (Wildman–Crippen MR) is 121 cm³/mol. The number of ether oxygens (including phenoxy) is 1. The number of rotatable bonds is 8. The van der Waals surface area contributed by atoms with E-state index in [1.807, 2.05) is 31.2 Å². The number of aromatic nitrogens is 4. The fourth-order valence-electron chi connectivity index (χ4n) is 3.23. The van der Waals surface area contributed by atoms with E-state index in [0.717, 1.165) is 11.3 Å². The van der Waals surface area contributed by atoms with Gasteiger partial charge in [0.2, 0.25) is 0 Å². The van der Waals surface area contributed by atoms with Crippen molar-refractivity contribution < 1.29 is 13.9 Å². The number of aromatic amines is 1. The molecule has 2 heterocycles. The molecule has 2 aromatic heterocycles. The first-order chi connectivity index (χ1) is 16.0. The summed E-state index contributed by atoms with van der Waals surface area (Å²) in [6.45, 7) is 2.90. The molecule has 0 atom stereocenters. The van der Waals surface area contributed by atoms with Gasteiger partial charge in [-0.2, -0.15) is 10.2 Å². The van der Waals surface area contributed by atoms with Gasteiger partial charge in [-0.25, -0.2) is 9.07 Å². The second-order valence-electron chi connectivity index (χ2n) is 7.17. The average molecular weight is 447 g/mol. The number of nitrogens with zero attached hydrogens (tertiary/aromatic N) is 3. The van der Waals surface area contributed by atoms with Crippen molar-refractivity contribution in [2.45, 2.75) is 13.5 Å². The summed E-state index contributed by atoms with van der Waals surface area (Å²) in [4.78, 5) is 24.6. The van der Waals surface area contributed by atoms with E-state index >= 15 is 0 Å². The van der Waals surface area contributed by atoms with Gasteiger partial charge < -0.3 is 10.1 Å². The summed E-state index contributed by atoms with van der Waals surface area (Å²) in [6, 6.07) is 18.0. The van der Waals surface area contributed by atoms with E-state index in [1.54, 1.807) is 24.3 Å². The van der Waals surface area contributed by atoms with E-state index in [2.05, 4.69) is 20.6 Å². The lowest BCUT2D eigenvalue weighted by atomic mass is 10.1. The maximum Gasteiger partial charge on any atom is 0.269 e. The largest absolute Gasteiger partial charge is 0.494 e. The normalized spacial score (nSPS) is 10.7. The number of carbonyl (C=O) groups is 1. The lowest BCUT2D eigenvalue weighted by Gasteiger charge is -2.09. The molecule has 1 amide bonds. The summed E-state index contributed by atoms with van der Waals surface area (Å²) in [5.41, 5.74) is 2.70. The molecule has 0 aliphatic rings. The molecule has 2 N–H and O–H groups in total. The van der Waals surface area contributed by atoms with Gasteiger partial charge in [-0.3, -0.25) is 14.7 Å². The highest BCUT2D eigenvalue weighted by molar-refractivity contribution is 5.93. The van der Waals surface area contributed by atoms with Crippen molar-refractivity contribution in [3.05, 3.63) is 88.6 Å². The Morgan fingerprint density at radius 1 is 1.03 bits per heavy atom. The van der Waals surface area contributed by atoms with Crippen LogP contribution in [-0.2, 0) is 6.54 Å². The van der Waals surface area contributed by atoms with Crippen LogP contribution in [0.2, 0.25) is 0 Å². The minimum absolute atomic E-state index is 0.198.